The Morgan fingerprint density at radius 2 is 1.65 bits per heavy atom. The van der Waals surface area contributed by atoms with Gasteiger partial charge in [0.15, 0.2) is 0 Å². The normalized spacial score (nSPS) is 12.8. The Balaban J connectivity index is 1.65. The summed E-state index contributed by atoms with van der Waals surface area (Å²) in [5, 5.41) is 23.4. The zero-order valence-electron chi connectivity index (χ0n) is 24.8. The smallest absolute Gasteiger partial charge is 0.430 e. The number of halogens is 5. The van der Waals surface area contributed by atoms with Crippen LogP contribution in [0.3, 0.4) is 0 Å². The third-order valence-electron chi connectivity index (χ3n) is 7.68. The molecule has 6 nitrogen and oxygen atoms in total. The number of nitrogens with one attached hydrogen (secondary N) is 1. The molecule has 48 heavy (non-hydrogen) atoms. The van der Waals surface area contributed by atoms with Gasteiger partial charge in [-0.05, 0) is 78.2 Å². The Morgan fingerprint density at radius 1 is 0.938 bits per heavy atom. The van der Waals surface area contributed by atoms with Gasteiger partial charge in [-0.25, -0.2) is 9.18 Å². The van der Waals surface area contributed by atoms with Gasteiger partial charge in [-0.3, -0.25) is 3.97 Å². The number of carbonyl (C=O) groups excluding carboxylic acids is 1. The number of nitrogens with zero attached hydrogens (tertiary/aromatic N) is 3. The van der Waals surface area contributed by atoms with Gasteiger partial charge in [0.25, 0.3) is 0 Å². The summed E-state index contributed by atoms with van der Waals surface area (Å²) in [5.74, 6) is -1.11. The Morgan fingerprint density at radius 3 is 2.27 bits per heavy atom. The Bertz CT molecular complexity index is 2250. The molecule has 0 amide bonds. The maximum atomic E-state index is 15.0. The average Bonchev–Trinajstić information content (AvgIpc) is 3.39. The van der Waals surface area contributed by atoms with Crippen LogP contribution in [0.5, 0.6) is 0 Å². The summed E-state index contributed by atoms with van der Waals surface area (Å²) in [6.45, 7) is -0.133. The third-order valence-corrected chi connectivity index (χ3v) is 9.07. The lowest BCUT2D eigenvalue weighted by atomic mass is 9.90. The molecule has 238 valence electrons. The minimum Gasteiger partial charge on any atom is -0.465 e. The zero-order valence-corrected chi connectivity index (χ0v) is 26.4. The second-order valence-electron chi connectivity index (χ2n) is 10.6. The van der Waals surface area contributed by atoms with Crippen molar-refractivity contribution in [3.63, 3.8) is 0 Å². The molecule has 0 unspecified atom stereocenters. The first-order valence-electron chi connectivity index (χ1n) is 14.2. The van der Waals surface area contributed by atoms with Crippen LogP contribution in [-0.4, -0.2) is 29.8 Å². The minimum absolute atomic E-state index is 0.133. The van der Waals surface area contributed by atoms with Crippen LogP contribution >= 0.6 is 23.5 Å². The van der Waals surface area contributed by atoms with E-state index in [0.717, 1.165) is 18.0 Å². The number of carbonyl (C=O) groups is 1. The van der Waals surface area contributed by atoms with Crippen LogP contribution < -0.4 is 5.32 Å². The summed E-state index contributed by atoms with van der Waals surface area (Å²) >= 11 is 7.75. The topological polar surface area (TPSA) is 90.8 Å². The monoisotopic (exact) mass is 684 g/mol. The molecule has 1 N–H and O–H groups in total. The number of fused-ring (bicyclic) bond motifs is 1. The number of ether oxygens (including phenoxy) is 1. The summed E-state index contributed by atoms with van der Waals surface area (Å²) < 4.78 is 61.6. The number of dihydropyridines is 1. The molecular weight excluding hydrogens is 664 g/mol. The van der Waals surface area contributed by atoms with Crippen molar-refractivity contribution < 1.29 is 27.1 Å². The summed E-state index contributed by atoms with van der Waals surface area (Å²) in [6.07, 6.45) is -2.23. The van der Waals surface area contributed by atoms with Crippen LogP contribution in [0.4, 0.5) is 17.6 Å². The van der Waals surface area contributed by atoms with Gasteiger partial charge in [-0.1, -0.05) is 41.9 Å². The van der Waals surface area contributed by atoms with Crippen LogP contribution in [0.2, 0.25) is 5.02 Å². The molecule has 1 aliphatic rings. The lowest BCUT2D eigenvalue weighted by Crippen LogP contribution is -2.29. The van der Waals surface area contributed by atoms with Gasteiger partial charge in [-0.2, -0.15) is 23.7 Å². The standard InChI is InChI=1S/C36H21ClF4N4O2S/c1-47-35(46)22-8-11-27(29(37)15-22)20-4-2-5-21(14-20)34-33(32-23(17-42)6-3-7-24(32)18-43)28-16-25(38)9-12-30(28)45(34)48-26-10-13-31(44-19-26)36(39,40)41/h2-16,44H,19H2,1H3. The summed E-state index contributed by atoms with van der Waals surface area (Å²) in [4.78, 5) is 12.6. The van der Waals surface area contributed by atoms with Crippen molar-refractivity contribution in [1.29, 1.82) is 10.5 Å². The van der Waals surface area contributed by atoms with E-state index in [1.807, 2.05) is 12.1 Å². The van der Waals surface area contributed by atoms with Gasteiger partial charge in [0, 0.05) is 44.1 Å². The van der Waals surface area contributed by atoms with Crippen LogP contribution in [0.25, 0.3) is 44.4 Å². The summed E-state index contributed by atoms with van der Waals surface area (Å²) in [7, 11) is 1.27. The number of esters is 1. The largest absolute Gasteiger partial charge is 0.465 e. The number of rotatable bonds is 6. The van der Waals surface area contributed by atoms with Crippen molar-refractivity contribution >= 4 is 40.4 Å². The fourth-order valence-electron chi connectivity index (χ4n) is 5.53. The molecule has 0 aliphatic carbocycles. The lowest BCUT2D eigenvalue weighted by Gasteiger charge is -2.20. The predicted molar refractivity (Wildman–Crippen MR) is 177 cm³/mol. The van der Waals surface area contributed by atoms with E-state index < -0.39 is 23.7 Å². The average molecular weight is 685 g/mol. The van der Waals surface area contributed by atoms with E-state index >= 15 is 0 Å². The molecular formula is C36H21ClF4N4O2S. The number of alkyl halides is 3. The number of hydrogen-bond donors (Lipinski definition) is 1. The van der Waals surface area contributed by atoms with Gasteiger partial charge >= 0.3 is 12.1 Å². The number of benzene rings is 4. The molecule has 1 aromatic heterocycles. The molecule has 0 bridgehead atoms. The molecule has 12 heteroatoms. The van der Waals surface area contributed by atoms with Crippen LogP contribution in [0, 0.1) is 28.5 Å². The lowest BCUT2D eigenvalue weighted by molar-refractivity contribution is -0.0966. The van der Waals surface area contributed by atoms with E-state index in [-0.39, 0.29) is 33.8 Å². The molecule has 6 rings (SSSR count). The molecule has 0 radical (unpaired) electrons. The molecule has 0 spiro atoms. The summed E-state index contributed by atoms with van der Waals surface area (Å²) in [6, 6.07) is 25.1. The number of methoxy groups -OCH3 is 1. The highest BCUT2D eigenvalue weighted by molar-refractivity contribution is 8.01. The number of hydrogen-bond acceptors (Lipinski definition) is 6. The first-order chi connectivity index (χ1) is 23.0. The Hall–Kier alpha value is -5.49. The maximum Gasteiger partial charge on any atom is 0.430 e. The van der Waals surface area contributed by atoms with Crippen molar-refractivity contribution in [3.05, 3.63) is 129 Å². The molecule has 0 saturated carbocycles. The van der Waals surface area contributed by atoms with Crippen molar-refractivity contribution in [2.45, 2.75) is 6.18 Å². The van der Waals surface area contributed by atoms with Gasteiger partial charge in [0.05, 0.1) is 47.1 Å². The molecule has 5 aromatic rings. The fraction of sp³-hybridized carbons (Fsp3) is 0.0833. The van der Waals surface area contributed by atoms with Crippen LogP contribution in [-0.2, 0) is 4.74 Å². The van der Waals surface area contributed by atoms with Crippen molar-refractivity contribution in [3.8, 4) is 45.6 Å². The highest BCUT2D eigenvalue weighted by atomic mass is 35.5. The third kappa shape index (κ3) is 6.02. The molecule has 0 saturated heterocycles. The van der Waals surface area contributed by atoms with E-state index in [1.54, 1.807) is 52.5 Å². The predicted octanol–water partition coefficient (Wildman–Crippen LogP) is 9.39. The number of allylic oxidation sites excluding steroid dienone is 3. The van der Waals surface area contributed by atoms with Crippen molar-refractivity contribution in [2.75, 3.05) is 13.7 Å². The van der Waals surface area contributed by atoms with Crippen LogP contribution in [0.1, 0.15) is 21.5 Å². The summed E-state index contributed by atoms with van der Waals surface area (Å²) in [5.41, 5.74) is 3.21. The SMILES string of the molecule is COC(=O)c1ccc(-c2cccc(-c3c(-c4c(C#N)cccc4C#N)c4cc(F)ccc4n3SC3=CC=C(C(F)(F)F)NC3)c2)c(Cl)c1. The maximum absolute atomic E-state index is 15.0. The molecule has 0 atom stereocenters. The van der Waals surface area contributed by atoms with E-state index in [1.165, 1.54) is 31.4 Å². The second-order valence-corrected chi connectivity index (χ2v) is 12.0. The molecule has 4 aromatic carbocycles. The van der Waals surface area contributed by atoms with E-state index in [9.17, 15) is 32.9 Å². The quantitative estimate of drug-likeness (QED) is 0.142. The highest BCUT2D eigenvalue weighted by Crippen LogP contribution is 2.47. The Labute approximate surface area is 281 Å². The minimum atomic E-state index is -4.55. The van der Waals surface area contributed by atoms with Gasteiger partial charge in [-0.15, -0.1) is 0 Å². The van der Waals surface area contributed by atoms with Crippen molar-refractivity contribution in [2.24, 2.45) is 0 Å². The number of aromatic nitrogens is 1. The van der Waals surface area contributed by atoms with Gasteiger partial charge in [0.2, 0.25) is 0 Å². The van der Waals surface area contributed by atoms with Crippen molar-refractivity contribution in [1.82, 2.24) is 9.29 Å². The number of nitriles is 2. The highest BCUT2D eigenvalue weighted by Gasteiger charge is 2.35. The molecule has 1 aliphatic heterocycles. The molecule has 2 heterocycles. The van der Waals surface area contributed by atoms with Gasteiger partial charge < -0.3 is 10.1 Å². The molecule has 0 fully saturated rings. The van der Waals surface area contributed by atoms with E-state index in [0.29, 0.717) is 43.8 Å². The fourth-order valence-corrected chi connectivity index (χ4v) is 6.87. The van der Waals surface area contributed by atoms with E-state index in [2.05, 4.69) is 17.5 Å². The van der Waals surface area contributed by atoms with Crippen LogP contribution in [0.15, 0.2) is 102 Å². The first-order valence-corrected chi connectivity index (χ1v) is 15.4. The first kappa shape index (κ1) is 32.5. The zero-order chi connectivity index (χ0) is 34.2. The van der Waals surface area contributed by atoms with Gasteiger partial charge in [0.1, 0.15) is 11.5 Å². The van der Waals surface area contributed by atoms with E-state index in [4.69, 9.17) is 16.3 Å². The second kappa shape index (κ2) is 13.0. The Kier molecular flexibility index (Phi) is 8.76.